The van der Waals surface area contributed by atoms with Crippen molar-refractivity contribution in [2.75, 3.05) is 0 Å². The Labute approximate surface area is 99.5 Å². The van der Waals surface area contributed by atoms with Crippen LogP contribution in [0, 0.1) is 0 Å². The zero-order chi connectivity index (χ0) is 11.7. The molecule has 1 aliphatic rings. The molecule has 0 N–H and O–H groups in total. The maximum absolute atomic E-state index is 11.3. The summed E-state index contributed by atoms with van der Waals surface area (Å²) in [6.07, 6.45) is 3.26. The number of hydrogen-bond donors (Lipinski definition) is 0. The van der Waals surface area contributed by atoms with Gasteiger partial charge in [-0.05, 0) is 22.4 Å². The van der Waals surface area contributed by atoms with Crippen molar-refractivity contribution in [3.05, 3.63) is 60.4 Å². The highest BCUT2D eigenvalue weighted by Gasteiger charge is 2.18. The minimum absolute atomic E-state index is 0.120. The Morgan fingerprint density at radius 2 is 1.88 bits per heavy atom. The van der Waals surface area contributed by atoms with Crippen molar-refractivity contribution in [3.63, 3.8) is 0 Å². The molecular formula is C15H12O2. The summed E-state index contributed by atoms with van der Waals surface area (Å²) in [5, 5.41) is 2.38. The molecule has 0 saturated carbocycles. The summed E-state index contributed by atoms with van der Waals surface area (Å²) in [5.41, 5.74) is 1.06. The highest BCUT2D eigenvalue weighted by Crippen LogP contribution is 2.27. The van der Waals surface area contributed by atoms with Gasteiger partial charge < -0.3 is 4.74 Å². The molecule has 3 rings (SSSR count). The number of rotatable bonds is 1. The van der Waals surface area contributed by atoms with E-state index in [0.717, 1.165) is 5.56 Å². The van der Waals surface area contributed by atoms with E-state index in [2.05, 4.69) is 24.3 Å². The first kappa shape index (κ1) is 10.1. The quantitative estimate of drug-likeness (QED) is 0.742. The Hall–Kier alpha value is -2.09. The summed E-state index contributed by atoms with van der Waals surface area (Å²) in [6, 6.07) is 14.4. The van der Waals surface area contributed by atoms with Crippen LogP contribution in [0.1, 0.15) is 18.1 Å². The molecule has 2 aromatic rings. The Bertz CT molecular complexity index is 599. The molecular weight excluding hydrogens is 212 g/mol. The molecule has 0 radical (unpaired) electrons. The second-order valence-electron chi connectivity index (χ2n) is 4.20. The second kappa shape index (κ2) is 4.06. The fraction of sp³-hybridized carbons (Fsp3) is 0.133. The van der Waals surface area contributed by atoms with Crippen LogP contribution < -0.4 is 0 Å². The monoisotopic (exact) mass is 224 g/mol. The molecule has 2 nitrogen and oxygen atoms in total. The highest BCUT2D eigenvalue weighted by atomic mass is 16.5. The van der Waals surface area contributed by atoms with Gasteiger partial charge in [0.25, 0.3) is 0 Å². The fourth-order valence-corrected chi connectivity index (χ4v) is 2.11. The zero-order valence-corrected chi connectivity index (χ0v) is 9.30. The van der Waals surface area contributed by atoms with Gasteiger partial charge in [-0.2, -0.15) is 0 Å². The SMILES string of the molecule is O=C1C=COC(c2ccc3ccccc3c2)C1. The van der Waals surface area contributed by atoms with Gasteiger partial charge in [0.15, 0.2) is 5.78 Å². The first-order valence-corrected chi connectivity index (χ1v) is 5.66. The van der Waals surface area contributed by atoms with Gasteiger partial charge in [0, 0.05) is 6.08 Å². The van der Waals surface area contributed by atoms with Gasteiger partial charge in [-0.1, -0.05) is 36.4 Å². The Morgan fingerprint density at radius 3 is 2.71 bits per heavy atom. The molecule has 17 heavy (non-hydrogen) atoms. The van der Waals surface area contributed by atoms with E-state index in [4.69, 9.17) is 4.74 Å². The third-order valence-electron chi connectivity index (χ3n) is 3.03. The van der Waals surface area contributed by atoms with Crippen molar-refractivity contribution < 1.29 is 9.53 Å². The summed E-state index contributed by atoms with van der Waals surface area (Å²) < 4.78 is 5.48. The molecule has 0 bridgehead atoms. The van der Waals surface area contributed by atoms with Crippen LogP contribution in [0.15, 0.2) is 54.8 Å². The molecule has 0 aromatic heterocycles. The second-order valence-corrected chi connectivity index (χ2v) is 4.20. The van der Waals surface area contributed by atoms with E-state index in [0.29, 0.717) is 6.42 Å². The highest BCUT2D eigenvalue weighted by molar-refractivity contribution is 5.90. The van der Waals surface area contributed by atoms with E-state index < -0.39 is 0 Å². The fourth-order valence-electron chi connectivity index (χ4n) is 2.11. The van der Waals surface area contributed by atoms with Crippen molar-refractivity contribution in [1.29, 1.82) is 0 Å². The number of ether oxygens (including phenoxy) is 1. The molecule has 0 saturated heterocycles. The summed E-state index contributed by atoms with van der Waals surface area (Å²) in [7, 11) is 0. The lowest BCUT2D eigenvalue weighted by molar-refractivity contribution is -0.118. The molecule has 0 spiro atoms. The summed E-state index contributed by atoms with van der Waals surface area (Å²) in [4.78, 5) is 11.3. The summed E-state index contributed by atoms with van der Waals surface area (Å²) in [6.45, 7) is 0. The molecule has 2 aromatic carbocycles. The lowest BCUT2D eigenvalue weighted by atomic mass is 9.99. The van der Waals surface area contributed by atoms with Gasteiger partial charge >= 0.3 is 0 Å². The smallest absolute Gasteiger partial charge is 0.162 e. The van der Waals surface area contributed by atoms with Crippen molar-refractivity contribution in [2.45, 2.75) is 12.5 Å². The number of allylic oxidation sites excluding steroid dienone is 1. The number of carbonyl (C=O) groups is 1. The van der Waals surface area contributed by atoms with E-state index in [1.807, 2.05) is 18.2 Å². The number of ketones is 1. The maximum Gasteiger partial charge on any atom is 0.162 e. The van der Waals surface area contributed by atoms with Crippen LogP contribution in [0.4, 0.5) is 0 Å². The zero-order valence-electron chi connectivity index (χ0n) is 9.30. The largest absolute Gasteiger partial charge is 0.493 e. The van der Waals surface area contributed by atoms with E-state index in [-0.39, 0.29) is 11.9 Å². The average molecular weight is 224 g/mol. The molecule has 1 atom stereocenters. The Morgan fingerprint density at radius 1 is 1.06 bits per heavy atom. The normalized spacial score (nSPS) is 19.3. The maximum atomic E-state index is 11.3. The number of benzene rings is 2. The predicted molar refractivity (Wildman–Crippen MR) is 66.5 cm³/mol. The third kappa shape index (κ3) is 1.94. The lowest BCUT2D eigenvalue weighted by Gasteiger charge is -2.19. The molecule has 84 valence electrons. The minimum atomic E-state index is -0.142. The Balaban J connectivity index is 2.00. The van der Waals surface area contributed by atoms with Gasteiger partial charge in [0.2, 0.25) is 0 Å². The van der Waals surface area contributed by atoms with Crippen LogP contribution in [-0.4, -0.2) is 5.78 Å². The van der Waals surface area contributed by atoms with Gasteiger partial charge in [-0.25, -0.2) is 0 Å². The standard InChI is InChI=1S/C15H12O2/c16-14-7-8-17-15(10-14)13-6-5-11-3-1-2-4-12(11)9-13/h1-9,15H,10H2. The molecule has 2 heteroatoms. The molecule has 1 unspecified atom stereocenters. The first-order chi connectivity index (χ1) is 8.33. The number of hydrogen-bond acceptors (Lipinski definition) is 2. The van der Waals surface area contributed by atoms with Gasteiger partial charge in [-0.15, -0.1) is 0 Å². The van der Waals surface area contributed by atoms with Crippen LogP contribution in [0.2, 0.25) is 0 Å². The van der Waals surface area contributed by atoms with Crippen molar-refractivity contribution in [1.82, 2.24) is 0 Å². The van der Waals surface area contributed by atoms with Crippen LogP contribution >= 0.6 is 0 Å². The van der Waals surface area contributed by atoms with Crippen LogP contribution in [0.25, 0.3) is 10.8 Å². The number of fused-ring (bicyclic) bond motifs is 1. The van der Waals surface area contributed by atoms with Gasteiger partial charge in [0.1, 0.15) is 6.10 Å². The molecule has 0 amide bonds. The van der Waals surface area contributed by atoms with E-state index >= 15 is 0 Å². The van der Waals surface area contributed by atoms with Gasteiger partial charge in [-0.3, -0.25) is 4.79 Å². The third-order valence-corrected chi connectivity index (χ3v) is 3.03. The topological polar surface area (TPSA) is 26.3 Å². The summed E-state index contributed by atoms with van der Waals surface area (Å²) >= 11 is 0. The molecule has 1 heterocycles. The molecule has 0 fully saturated rings. The van der Waals surface area contributed by atoms with E-state index in [1.165, 1.54) is 23.1 Å². The van der Waals surface area contributed by atoms with Crippen LogP contribution in [-0.2, 0) is 9.53 Å². The lowest BCUT2D eigenvalue weighted by Crippen LogP contribution is -2.11. The molecule has 1 aliphatic heterocycles. The van der Waals surface area contributed by atoms with E-state index in [1.54, 1.807) is 0 Å². The predicted octanol–water partition coefficient (Wildman–Crippen LogP) is 3.38. The van der Waals surface area contributed by atoms with Crippen LogP contribution in [0.3, 0.4) is 0 Å². The Kier molecular flexibility index (Phi) is 2.41. The van der Waals surface area contributed by atoms with Crippen molar-refractivity contribution in [2.24, 2.45) is 0 Å². The minimum Gasteiger partial charge on any atom is -0.493 e. The van der Waals surface area contributed by atoms with Crippen molar-refractivity contribution in [3.8, 4) is 0 Å². The van der Waals surface area contributed by atoms with Crippen molar-refractivity contribution >= 4 is 16.6 Å². The number of carbonyl (C=O) groups excluding carboxylic acids is 1. The summed E-state index contributed by atoms with van der Waals surface area (Å²) in [5.74, 6) is 0.120. The van der Waals surface area contributed by atoms with E-state index in [9.17, 15) is 4.79 Å². The van der Waals surface area contributed by atoms with Crippen LogP contribution in [0.5, 0.6) is 0 Å². The first-order valence-electron chi connectivity index (χ1n) is 5.66. The average Bonchev–Trinajstić information content (AvgIpc) is 2.38. The van der Waals surface area contributed by atoms with Gasteiger partial charge in [0.05, 0.1) is 12.7 Å². The molecule has 0 aliphatic carbocycles.